The Kier molecular flexibility index (Phi) is 8.18. The van der Waals surface area contributed by atoms with E-state index >= 15 is 0 Å². The maximum absolute atomic E-state index is 13.9. The van der Waals surface area contributed by atoms with E-state index in [0.717, 1.165) is 29.1 Å². The summed E-state index contributed by atoms with van der Waals surface area (Å²) in [5, 5.41) is 3.40. The van der Waals surface area contributed by atoms with Crippen molar-refractivity contribution < 1.29 is 23.9 Å². The van der Waals surface area contributed by atoms with Gasteiger partial charge in [-0.05, 0) is 50.3 Å². The van der Waals surface area contributed by atoms with Crippen LogP contribution >= 0.6 is 0 Å². The highest BCUT2D eigenvalue weighted by Crippen LogP contribution is 2.46. The van der Waals surface area contributed by atoms with Crippen LogP contribution in [0.4, 0.5) is 5.69 Å². The molecule has 0 bridgehead atoms. The molecule has 1 aliphatic heterocycles. The summed E-state index contributed by atoms with van der Waals surface area (Å²) in [5.41, 5.74) is 4.33. The highest BCUT2D eigenvalue weighted by Gasteiger charge is 2.47. The third-order valence-corrected chi connectivity index (χ3v) is 6.45. The Bertz CT molecular complexity index is 1010. The minimum Gasteiger partial charge on any atom is -0.465 e. The second kappa shape index (κ2) is 10.9. The summed E-state index contributed by atoms with van der Waals surface area (Å²) in [5.74, 6) is -2.93. The molecule has 1 heterocycles. The summed E-state index contributed by atoms with van der Waals surface area (Å²) in [6, 6.07) is 7.84. The highest BCUT2D eigenvalue weighted by atomic mass is 16.5. The zero-order valence-corrected chi connectivity index (χ0v) is 21.1. The number of carbonyl (C=O) groups is 3. The number of ether oxygens (including phenoxy) is 2. The summed E-state index contributed by atoms with van der Waals surface area (Å²) in [6.45, 7) is 7.89. The Morgan fingerprint density at radius 1 is 1.06 bits per heavy atom. The van der Waals surface area contributed by atoms with E-state index in [4.69, 9.17) is 9.47 Å². The molecule has 1 aliphatic carbocycles. The lowest BCUT2D eigenvalue weighted by Gasteiger charge is -2.39. The maximum Gasteiger partial charge on any atom is 0.336 e. The fraction of sp³-hybridized carbons (Fsp3) is 0.519. The lowest BCUT2D eigenvalue weighted by molar-refractivity contribution is -0.153. The van der Waals surface area contributed by atoms with Gasteiger partial charge in [0.05, 0.1) is 18.8 Å². The molecule has 0 spiro atoms. The molecule has 0 fully saturated rings. The standard InChI is InChI=1S/C27H36N2O5/c1-7-10-19-24(27(32)34-9-3)22(17-11-13-18(14-12-17)29(5)6)23-20(28-19)15-16(4)21(25(23)30)26(31)33-8-2/h11-14,16,21-22,28H,7-10,15H2,1-6H3. The number of nitrogens with one attached hydrogen (secondary N) is 1. The Hall–Kier alpha value is -3.09. The minimum atomic E-state index is -0.889. The van der Waals surface area contributed by atoms with Crippen LogP contribution in [0.15, 0.2) is 46.8 Å². The van der Waals surface area contributed by atoms with Gasteiger partial charge in [-0.25, -0.2) is 4.79 Å². The molecule has 3 rings (SSSR count). The van der Waals surface area contributed by atoms with E-state index < -0.39 is 23.8 Å². The Morgan fingerprint density at radius 2 is 1.71 bits per heavy atom. The van der Waals surface area contributed by atoms with Crippen LogP contribution in [0, 0.1) is 11.8 Å². The smallest absolute Gasteiger partial charge is 0.336 e. The summed E-state index contributed by atoms with van der Waals surface area (Å²) < 4.78 is 10.7. The molecular weight excluding hydrogens is 432 g/mol. The van der Waals surface area contributed by atoms with Crippen LogP contribution in [0.5, 0.6) is 0 Å². The van der Waals surface area contributed by atoms with E-state index in [0.29, 0.717) is 24.0 Å². The van der Waals surface area contributed by atoms with Gasteiger partial charge in [0.1, 0.15) is 5.92 Å². The van der Waals surface area contributed by atoms with Gasteiger partial charge in [0.2, 0.25) is 0 Å². The van der Waals surface area contributed by atoms with Crippen molar-refractivity contribution in [3.63, 3.8) is 0 Å². The van der Waals surface area contributed by atoms with Gasteiger partial charge in [0.15, 0.2) is 5.78 Å². The molecule has 184 valence electrons. The quantitative estimate of drug-likeness (QED) is 0.454. The molecule has 0 radical (unpaired) electrons. The molecule has 7 nitrogen and oxygen atoms in total. The monoisotopic (exact) mass is 468 g/mol. The van der Waals surface area contributed by atoms with Gasteiger partial charge in [0.25, 0.3) is 0 Å². The zero-order chi connectivity index (χ0) is 25.0. The van der Waals surface area contributed by atoms with Gasteiger partial charge in [-0.1, -0.05) is 32.4 Å². The molecule has 7 heteroatoms. The normalized spacial score (nSPS) is 22.2. The average molecular weight is 469 g/mol. The number of Topliss-reactive ketones (excluding diaryl/α,β-unsaturated/α-hetero) is 1. The molecule has 0 aromatic heterocycles. The number of benzene rings is 1. The van der Waals surface area contributed by atoms with Crippen LogP contribution < -0.4 is 10.2 Å². The maximum atomic E-state index is 13.9. The van der Waals surface area contributed by atoms with Crippen LogP contribution in [0.25, 0.3) is 0 Å². The van der Waals surface area contributed by atoms with Gasteiger partial charge in [0, 0.05) is 42.7 Å². The molecule has 0 amide bonds. The van der Waals surface area contributed by atoms with Crippen LogP contribution in [0.2, 0.25) is 0 Å². The van der Waals surface area contributed by atoms with Crippen LogP contribution in [0.3, 0.4) is 0 Å². The van der Waals surface area contributed by atoms with E-state index in [2.05, 4.69) is 5.32 Å². The predicted molar refractivity (Wildman–Crippen MR) is 131 cm³/mol. The molecule has 1 aromatic carbocycles. The number of carbonyl (C=O) groups excluding carboxylic acids is 3. The Labute approximate surface area is 202 Å². The van der Waals surface area contributed by atoms with E-state index in [1.54, 1.807) is 13.8 Å². The van der Waals surface area contributed by atoms with E-state index in [9.17, 15) is 14.4 Å². The molecule has 2 aliphatic rings. The number of nitrogens with zero attached hydrogens (tertiary/aromatic N) is 1. The second-order valence-corrected chi connectivity index (χ2v) is 9.07. The second-order valence-electron chi connectivity index (χ2n) is 9.07. The molecule has 3 unspecified atom stereocenters. The molecule has 3 atom stereocenters. The number of ketones is 1. The number of rotatable bonds is 8. The third kappa shape index (κ3) is 4.88. The molecule has 1 aromatic rings. The van der Waals surface area contributed by atoms with Crippen LogP contribution in [-0.4, -0.2) is 45.0 Å². The molecule has 1 N–H and O–H groups in total. The summed E-state index contributed by atoms with van der Waals surface area (Å²) in [4.78, 5) is 41.8. The Balaban J connectivity index is 2.20. The van der Waals surface area contributed by atoms with Crippen molar-refractivity contribution in [2.75, 3.05) is 32.2 Å². The molecule has 0 saturated carbocycles. The Morgan fingerprint density at radius 3 is 2.26 bits per heavy atom. The third-order valence-electron chi connectivity index (χ3n) is 6.45. The van der Waals surface area contributed by atoms with Gasteiger partial charge < -0.3 is 19.7 Å². The fourth-order valence-corrected chi connectivity index (χ4v) is 4.89. The number of anilines is 1. The van der Waals surface area contributed by atoms with Crippen molar-refractivity contribution in [2.24, 2.45) is 11.8 Å². The van der Waals surface area contributed by atoms with Gasteiger partial charge in [-0.3, -0.25) is 9.59 Å². The van der Waals surface area contributed by atoms with Crippen molar-refractivity contribution in [1.29, 1.82) is 0 Å². The first kappa shape index (κ1) is 25.5. The van der Waals surface area contributed by atoms with Gasteiger partial charge in [-0.2, -0.15) is 0 Å². The van der Waals surface area contributed by atoms with Crippen molar-refractivity contribution in [2.45, 2.75) is 52.9 Å². The van der Waals surface area contributed by atoms with Gasteiger partial charge in [-0.15, -0.1) is 0 Å². The van der Waals surface area contributed by atoms with Crippen LogP contribution in [-0.2, 0) is 23.9 Å². The average Bonchev–Trinajstić information content (AvgIpc) is 2.78. The van der Waals surface area contributed by atoms with Gasteiger partial charge >= 0.3 is 11.9 Å². The van der Waals surface area contributed by atoms with Crippen molar-refractivity contribution >= 4 is 23.4 Å². The lowest BCUT2D eigenvalue weighted by atomic mass is 9.69. The van der Waals surface area contributed by atoms with Crippen molar-refractivity contribution in [1.82, 2.24) is 5.32 Å². The molecular formula is C27H36N2O5. The summed E-state index contributed by atoms with van der Waals surface area (Å²) >= 11 is 0. The first-order chi connectivity index (χ1) is 16.2. The fourth-order valence-electron chi connectivity index (χ4n) is 4.89. The predicted octanol–water partition coefficient (Wildman–Crippen LogP) is 4.10. The highest BCUT2D eigenvalue weighted by molar-refractivity contribution is 6.12. The van der Waals surface area contributed by atoms with Crippen molar-refractivity contribution in [3.8, 4) is 0 Å². The van der Waals surface area contributed by atoms with E-state index in [-0.39, 0.29) is 24.9 Å². The number of esters is 2. The summed E-state index contributed by atoms with van der Waals surface area (Å²) in [7, 11) is 3.92. The first-order valence-electron chi connectivity index (χ1n) is 12.1. The van der Waals surface area contributed by atoms with E-state index in [1.807, 2.05) is 57.1 Å². The van der Waals surface area contributed by atoms with Crippen LogP contribution in [0.1, 0.15) is 58.4 Å². The first-order valence-corrected chi connectivity index (χ1v) is 12.1. The molecule has 34 heavy (non-hydrogen) atoms. The number of dihydropyridines is 1. The van der Waals surface area contributed by atoms with Crippen molar-refractivity contribution in [3.05, 3.63) is 52.4 Å². The lowest BCUT2D eigenvalue weighted by Crippen LogP contribution is -2.43. The van der Waals surface area contributed by atoms with E-state index in [1.165, 1.54) is 0 Å². The number of allylic oxidation sites excluding steroid dienone is 3. The minimum absolute atomic E-state index is 0.207. The largest absolute Gasteiger partial charge is 0.465 e. The summed E-state index contributed by atoms with van der Waals surface area (Å²) in [6.07, 6.45) is 2.01. The molecule has 0 saturated heterocycles. The SMILES string of the molecule is CCCC1=C(C(=O)OCC)C(c2ccc(N(C)C)cc2)C2=C(CC(C)C(C(=O)OCC)C2=O)N1. The number of hydrogen-bond acceptors (Lipinski definition) is 7. The zero-order valence-electron chi connectivity index (χ0n) is 21.1. The number of hydrogen-bond donors (Lipinski definition) is 1. The topological polar surface area (TPSA) is 84.9 Å².